The lowest BCUT2D eigenvalue weighted by atomic mass is 10.1. The van der Waals surface area contributed by atoms with Crippen molar-refractivity contribution in [3.05, 3.63) is 35.4 Å². The molecule has 0 saturated carbocycles. The topological polar surface area (TPSA) is 37.3 Å². The Morgan fingerprint density at radius 3 is 2.62 bits per heavy atom. The van der Waals surface area contributed by atoms with Crippen molar-refractivity contribution in [2.45, 2.75) is 11.3 Å². The summed E-state index contributed by atoms with van der Waals surface area (Å²) in [6, 6.07) is 6.97. The highest BCUT2D eigenvalue weighted by Gasteiger charge is 2.18. The third kappa shape index (κ3) is 2.36. The van der Waals surface area contributed by atoms with E-state index in [1.807, 2.05) is 0 Å². The predicted octanol–water partition coefficient (Wildman–Crippen LogP) is 2.79. The smallest absolute Gasteiger partial charge is 0.326 e. The van der Waals surface area contributed by atoms with Crippen molar-refractivity contribution in [2.24, 2.45) is 0 Å². The number of carboxylic acid groups (broad SMARTS) is 1. The zero-order chi connectivity index (χ0) is 9.84. The van der Waals surface area contributed by atoms with E-state index in [0.29, 0.717) is 5.56 Å². The highest BCUT2D eigenvalue weighted by atomic mass is 35.5. The van der Waals surface area contributed by atoms with E-state index in [1.165, 1.54) is 0 Å². The summed E-state index contributed by atoms with van der Waals surface area (Å²) >= 11 is 11.3. The van der Waals surface area contributed by atoms with Crippen LogP contribution in [0.4, 0.5) is 0 Å². The van der Waals surface area contributed by atoms with Gasteiger partial charge >= 0.3 is 5.97 Å². The Morgan fingerprint density at radius 2 is 2.08 bits per heavy atom. The van der Waals surface area contributed by atoms with Gasteiger partial charge in [0.2, 0.25) is 0 Å². The standard InChI is InChI=1S/C9H8Cl2O2/c10-5-6-3-1-2-4-7(6)8(11)9(12)13/h1-4,8H,5H2,(H,12,13). The Balaban J connectivity index is 3.05. The lowest BCUT2D eigenvalue weighted by Gasteiger charge is -2.08. The van der Waals surface area contributed by atoms with Crippen molar-refractivity contribution in [3.8, 4) is 0 Å². The Labute approximate surface area is 86.1 Å². The molecule has 0 saturated heterocycles. The van der Waals surface area contributed by atoms with Gasteiger partial charge in [0.25, 0.3) is 0 Å². The fraction of sp³-hybridized carbons (Fsp3) is 0.222. The Hall–Kier alpha value is -0.730. The summed E-state index contributed by atoms with van der Waals surface area (Å²) in [6.07, 6.45) is 0. The second-order valence-electron chi connectivity index (χ2n) is 2.53. The van der Waals surface area contributed by atoms with Gasteiger partial charge in [-0.05, 0) is 11.1 Å². The number of hydrogen-bond acceptors (Lipinski definition) is 1. The number of aliphatic carboxylic acids is 1. The van der Waals surface area contributed by atoms with Gasteiger partial charge in [0.1, 0.15) is 0 Å². The van der Waals surface area contributed by atoms with Crippen LogP contribution in [0.5, 0.6) is 0 Å². The quantitative estimate of drug-likeness (QED) is 0.793. The van der Waals surface area contributed by atoms with E-state index in [0.717, 1.165) is 5.56 Å². The monoisotopic (exact) mass is 218 g/mol. The van der Waals surface area contributed by atoms with Crippen molar-refractivity contribution in [3.63, 3.8) is 0 Å². The summed E-state index contributed by atoms with van der Waals surface area (Å²) in [5.74, 6) is -0.786. The number of alkyl halides is 2. The van der Waals surface area contributed by atoms with Crippen LogP contribution in [0, 0.1) is 0 Å². The minimum atomic E-state index is -1.06. The molecule has 1 N–H and O–H groups in total. The van der Waals surface area contributed by atoms with Crippen LogP contribution in [0.25, 0.3) is 0 Å². The van der Waals surface area contributed by atoms with Gasteiger partial charge in [-0.1, -0.05) is 24.3 Å². The molecule has 1 atom stereocenters. The molecule has 1 unspecified atom stereocenters. The van der Waals surface area contributed by atoms with Crippen LogP contribution in [0.2, 0.25) is 0 Å². The first kappa shape index (κ1) is 10.4. The van der Waals surface area contributed by atoms with Gasteiger partial charge in [0.15, 0.2) is 5.38 Å². The van der Waals surface area contributed by atoms with E-state index in [-0.39, 0.29) is 5.88 Å². The van der Waals surface area contributed by atoms with Gasteiger partial charge in [-0.15, -0.1) is 23.2 Å². The van der Waals surface area contributed by atoms with Crippen LogP contribution in [0.1, 0.15) is 16.5 Å². The molecule has 0 aliphatic rings. The number of benzene rings is 1. The number of rotatable bonds is 3. The minimum Gasteiger partial charge on any atom is -0.480 e. The molecule has 0 spiro atoms. The molecular weight excluding hydrogens is 211 g/mol. The summed E-state index contributed by atoms with van der Waals surface area (Å²) in [6.45, 7) is 0. The average Bonchev–Trinajstić information content (AvgIpc) is 2.16. The summed E-state index contributed by atoms with van der Waals surface area (Å²) < 4.78 is 0. The molecule has 0 bridgehead atoms. The Kier molecular flexibility index (Phi) is 3.58. The third-order valence-corrected chi connectivity index (χ3v) is 2.40. The van der Waals surface area contributed by atoms with Gasteiger partial charge in [-0.2, -0.15) is 0 Å². The Bertz CT molecular complexity index is 312. The Morgan fingerprint density at radius 1 is 1.46 bits per heavy atom. The van der Waals surface area contributed by atoms with Crippen molar-refractivity contribution < 1.29 is 9.90 Å². The maximum Gasteiger partial charge on any atom is 0.326 e. The van der Waals surface area contributed by atoms with Gasteiger partial charge in [0, 0.05) is 5.88 Å². The lowest BCUT2D eigenvalue weighted by Crippen LogP contribution is -2.06. The highest BCUT2D eigenvalue weighted by Crippen LogP contribution is 2.25. The van der Waals surface area contributed by atoms with E-state index >= 15 is 0 Å². The average molecular weight is 219 g/mol. The fourth-order valence-electron chi connectivity index (χ4n) is 1.04. The van der Waals surface area contributed by atoms with Crippen LogP contribution in [0.3, 0.4) is 0 Å². The number of carboxylic acids is 1. The summed E-state index contributed by atoms with van der Waals surface area (Å²) in [5, 5.41) is 7.66. The van der Waals surface area contributed by atoms with Gasteiger partial charge in [0.05, 0.1) is 0 Å². The molecule has 1 aromatic rings. The number of carbonyl (C=O) groups is 1. The summed E-state index contributed by atoms with van der Waals surface area (Å²) in [4.78, 5) is 10.6. The van der Waals surface area contributed by atoms with E-state index in [4.69, 9.17) is 28.3 Å². The first-order valence-electron chi connectivity index (χ1n) is 3.67. The maximum absolute atomic E-state index is 10.6. The van der Waals surface area contributed by atoms with Crippen LogP contribution in [0.15, 0.2) is 24.3 Å². The summed E-state index contributed by atoms with van der Waals surface area (Å²) in [5.41, 5.74) is 1.32. The maximum atomic E-state index is 10.6. The predicted molar refractivity (Wildman–Crippen MR) is 52.2 cm³/mol. The van der Waals surface area contributed by atoms with Gasteiger partial charge in [-0.3, -0.25) is 4.79 Å². The first-order valence-corrected chi connectivity index (χ1v) is 4.64. The highest BCUT2D eigenvalue weighted by molar-refractivity contribution is 6.30. The summed E-state index contributed by atoms with van der Waals surface area (Å²) in [7, 11) is 0. The molecule has 1 aromatic carbocycles. The van der Waals surface area contributed by atoms with E-state index in [9.17, 15) is 4.79 Å². The van der Waals surface area contributed by atoms with E-state index < -0.39 is 11.3 Å². The first-order chi connectivity index (χ1) is 6.16. The normalized spacial score (nSPS) is 12.5. The molecule has 70 valence electrons. The molecule has 0 fully saturated rings. The fourth-order valence-corrected chi connectivity index (χ4v) is 1.49. The third-order valence-electron chi connectivity index (χ3n) is 1.69. The van der Waals surface area contributed by atoms with Gasteiger partial charge < -0.3 is 5.11 Å². The molecule has 0 aliphatic heterocycles. The van der Waals surface area contributed by atoms with E-state index in [2.05, 4.69) is 0 Å². The molecule has 0 amide bonds. The van der Waals surface area contributed by atoms with Crippen molar-refractivity contribution in [1.82, 2.24) is 0 Å². The molecule has 0 radical (unpaired) electrons. The molecular formula is C9H8Cl2O2. The van der Waals surface area contributed by atoms with Gasteiger partial charge in [-0.25, -0.2) is 0 Å². The van der Waals surface area contributed by atoms with Crippen molar-refractivity contribution in [2.75, 3.05) is 0 Å². The molecule has 0 aliphatic carbocycles. The molecule has 13 heavy (non-hydrogen) atoms. The molecule has 4 heteroatoms. The number of hydrogen-bond donors (Lipinski definition) is 1. The van der Waals surface area contributed by atoms with Crippen LogP contribution >= 0.6 is 23.2 Å². The largest absolute Gasteiger partial charge is 0.480 e. The molecule has 2 nitrogen and oxygen atoms in total. The number of halogens is 2. The second-order valence-corrected chi connectivity index (χ2v) is 3.24. The second kappa shape index (κ2) is 4.49. The minimum absolute atomic E-state index is 0.271. The molecule has 0 heterocycles. The van der Waals surface area contributed by atoms with Crippen LogP contribution in [-0.2, 0) is 10.7 Å². The molecule has 0 aromatic heterocycles. The van der Waals surface area contributed by atoms with Crippen molar-refractivity contribution >= 4 is 29.2 Å². The van der Waals surface area contributed by atoms with E-state index in [1.54, 1.807) is 24.3 Å². The van der Waals surface area contributed by atoms with Crippen LogP contribution in [-0.4, -0.2) is 11.1 Å². The van der Waals surface area contributed by atoms with Crippen LogP contribution < -0.4 is 0 Å². The zero-order valence-corrected chi connectivity index (χ0v) is 8.22. The SMILES string of the molecule is O=C(O)C(Cl)c1ccccc1CCl. The lowest BCUT2D eigenvalue weighted by molar-refractivity contribution is -0.136. The molecule has 1 rings (SSSR count). The zero-order valence-electron chi connectivity index (χ0n) is 6.71. The van der Waals surface area contributed by atoms with Crippen molar-refractivity contribution in [1.29, 1.82) is 0 Å².